The predicted molar refractivity (Wildman–Crippen MR) is 73.8 cm³/mol. The zero-order chi connectivity index (χ0) is 12.7. The lowest BCUT2D eigenvalue weighted by atomic mass is 10.2. The molecule has 0 unspecified atom stereocenters. The largest absolute Gasteiger partial charge is 0.360 e. The van der Waals surface area contributed by atoms with E-state index >= 15 is 0 Å². The number of carbonyl (C=O) groups is 1. The summed E-state index contributed by atoms with van der Waals surface area (Å²) >= 11 is 5.14. The summed E-state index contributed by atoms with van der Waals surface area (Å²) in [6, 6.07) is 0.494. The second kappa shape index (κ2) is 7.48. The van der Waals surface area contributed by atoms with Crippen molar-refractivity contribution < 1.29 is 4.79 Å². The molecule has 1 saturated carbocycles. The maximum absolute atomic E-state index is 11.4. The van der Waals surface area contributed by atoms with E-state index in [1.165, 1.54) is 25.7 Å². The highest BCUT2D eigenvalue weighted by molar-refractivity contribution is 7.80. The zero-order valence-electron chi connectivity index (χ0n) is 10.7. The number of hydrogen-bond donors (Lipinski definition) is 3. The van der Waals surface area contributed by atoms with Crippen LogP contribution in [-0.2, 0) is 4.79 Å². The lowest BCUT2D eigenvalue weighted by Gasteiger charge is -2.15. The Hall–Kier alpha value is -0.840. The second-order valence-electron chi connectivity index (χ2n) is 5.01. The summed E-state index contributed by atoms with van der Waals surface area (Å²) in [5, 5.41) is 9.62. The second-order valence-corrected chi connectivity index (χ2v) is 5.41. The number of amides is 1. The smallest absolute Gasteiger partial charge is 0.239 e. The molecule has 1 aliphatic carbocycles. The first-order chi connectivity index (χ1) is 8.08. The molecular weight excluding hydrogens is 234 g/mol. The van der Waals surface area contributed by atoms with Crippen molar-refractivity contribution in [2.75, 3.05) is 13.1 Å². The van der Waals surface area contributed by atoms with Gasteiger partial charge < -0.3 is 16.0 Å². The van der Waals surface area contributed by atoms with Gasteiger partial charge in [-0.05, 0) is 31.0 Å². The third-order valence-corrected chi connectivity index (χ3v) is 3.07. The van der Waals surface area contributed by atoms with Gasteiger partial charge >= 0.3 is 0 Å². The molecule has 1 fully saturated rings. The van der Waals surface area contributed by atoms with Crippen LogP contribution in [0.2, 0.25) is 0 Å². The van der Waals surface area contributed by atoms with E-state index in [-0.39, 0.29) is 12.5 Å². The van der Waals surface area contributed by atoms with Crippen molar-refractivity contribution in [3.05, 3.63) is 0 Å². The van der Waals surface area contributed by atoms with Crippen LogP contribution in [0, 0.1) is 5.92 Å². The number of hydrogen-bond acceptors (Lipinski definition) is 2. The van der Waals surface area contributed by atoms with Gasteiger partial charge in [-0.25, -0.2) is 0 Å². The fourth-order valence-electron chi connectivity index (χ4n) is 1.85. The molecule has 0 radical (unpaired) electrons. The maximum Gasteiger partial charge on any atom is 0.239 e. The summed E-state index contributed by atoms with van der Waals surface area (Å²) in [6.07, 6.45) is 4.91. The van der Waals surface area contributed by atoms with Crippen LogP contribution in [0.1, 0.15) is 39.5 Å². The highest BCUT2D eigenvalue weighted by Gasteiger charge is 2.15. The monoisotopic (exact) mass is 257 g/mol. The van der Waals surface area contributed by atoms with Crippen LogP contribution in [0.5, 0.6) is 0 Å². The van der Waals surface area contributed by atoms with Gasteiger partial charge in [-0.3, -0.25) is 4.79 Å². The molecule has 3 N–H and O–H groups in total. The average Bonchev–Trinajstić information content (AvgIpc) is 2.76. The van der Waals surface area contributed by atoms with E-state index < -0.39 is 0 Å². The Balaban J connectivity index is 2.08. The molecule has 0 atom stereocenters. The van der Waals surface area contributed by atoms with Crippen molar-refractivity contribution in [3.63, 3.8) is 0 Å². The van der Waals surface area contributed by atoms with Gasteiger partial charge in [-0.1, -0.05) is 26.7 Å². The van der Waals surface area contributed by atoms with Crippen molar-refractivity contribution in [1.29, 1.82) is 0 Å². The molecular formula is C12H23N3OS. The van der Waals surface area contributed by atoms with Crippen LogP contribution in [0.15, 0.2) is 0 Å². The lowest BCUT2D eigenvalue weighted by molar-refractivity contribution is -0.120. The maximum atomic E-state index is 11.4. The van der Waals surface area contributed by atoms with Gasteiger partial charge in [0.1, 0.15) is 0 Å². The summed E-state index contributed by atoms with van der Waals surface area (Å²) in [5.74, 6) is 0.469. The molecule has 98 valence electrons. The first-order valence-corrected chi connectivity index (χ1v) is 6.80. The topological polar surface area (TPSA) is 53.2 Å². The minimum absolute atomic E-state index is 0.00530. The molecule has 0 aliphatic heterocycles. The first-order valence-electron chi connectivity index (χ1n) is 6.39. The fourth-order valence-corrected chi connectivity index (χ4v) is 2.09. The van der Waals surface area contributed by atoms with E-state index in [1.807, 2.05) is 0 Å². The number of carbonyl (C=O) groups excluding carboxylic acids is 1. The van der Waals surface area contributed by atoms with Crippen LogP contribution in [-0.4, -0.2) is 30.2 Å². The molecule has 0 aromatic rings. The van der Waals surface area contributed by atoms with Crippen molar-refractivity contribution in [2.24, 2.45) is 5.92 Å². The molecule has 0 saturated heterocycles. The van der Waals surface area contributed by atoms with Gasteiger partial charge in [-0.15, -0.1) is 0 Å². The number of thiocarbonyl (C=S) groups is 1. The normalized spacial score (nSPS) is 15.9. The molecule has 1 rings (SSSR count). The quantitative estimate of drug-likeness (QED) is 0.647. The van der Waals surface area contributed by atoms with Crippen LogP contribution >= 0.6 is 12.2 Å². The first kappa shape index (κ1) is 14.2. The van der Waals surface area contributed by atoms with Gasteiger partial charge in [-0.2, -0.15) is 0 Å². The summed E-state index contributed by atoms with van der Waals surface area (Å²) in [5.41, 5.74) is 0. The molecule has 17 heavy (non-hydrogen) atoms. The minimum atomic E-state index is -0.00530. The Labute approximate surface area is 109 Å². The Morgan fingerprint density at radius 2 is 1.94 bits per heavy atom. The summed E-state index contributed by atoms with van der Waals surface area (Å²) in [6.45, 7) is 5.11. The van der Waals surface area contributed by atoms with Crippen LogP contribution in [0.25, 0.3) is 0 Å². The Kier molecular flexibility index (Phi) is 6.26. The summed E-state index contributed by atoms with van der Waals surface area (Å²) in [7, 11) is 0. The molecule has 0 heterocycles. The molecule has 4 nitrogen and oxygen atoms in total. The van der Waals surface area contributed by atoms with Crippen LogP contribution < -0.4 is 16.0 Å². The van der Waals surface area contributed by atoms with E-state index in [1.54, 1.807) is 0 Å². The van der Waals surface area contributed by atoms with Crippen LogP contribution in [0.3, 0.4) is 0 Å². The average molecular weight is 257 g/mol. The predicted octanol–water partition coefficient (Wildman–Crippen LogP) is 1.17. The molecule has 0 aromatic heterocycles. The van der Waals surface area contributed by atoms with Crippen molar-refractivity contribution >= 4 is 23.2 Å². The number of nitrogens with one attached hydrogen (secondary N) is 3. The highest BCUT2D eigenvalue weighted by Crippen LogP contribution is 2.17. The highest BCUT2D eigenvalue weighted by atomic mass is 32.1. The number of rotatable bonds is 5. The van der Waals surface area contributed by atoms with Crippen molar-refractivity contribution in [2.45, 2.75) is 45.6 Å². The van der Waals surface area contributed by atoms with Gasteiger partial charge in [0.2, 0.25) is 5.91 Å². The van der Waals surface area contributed by atoms with Gasteiger partial charge in [0, 0.05) is 12.6 Å². The SMILES string of the molecule is CC(C)CNC(=O)CNC(=S)NC1CCCC1. The zero-order valence-corrected chi connectivity index (χ0v) is 11.5. The molecule has 1 aliphatic rings. The molecule has 5 heteroatoms. The van der Waals surface area contributed by atoms with Gasteiger partial charge in [0.25, 0.3) is 0 Å². The van der Waals surface area contributed by atoms with Crippen molar-refractivity contribution in [3.8, 4) is 0 Å². The van der Waals surface area contributed by atoms with E-state index in [9.17, 15) is 4.79 Å². The Morgan fingerprint density at radius 1 is 1.29 bits per heavy atom. The standard InChI is InChI=1S/C12H23N3OS/c1-9(2)7-13-11(16)8-14-12(17)15-10-5-3-4-6-10/h9-10H,3-8H2,1-2H3,(H,13,16)(H2,14,15,17). The third kappa shape index (κ3) is 6.46. The van der Waals surface area contributed by atoms with Gasteiger partial charge in [0.15, 0.2) is 5.11 Å². The minimum Gasteiger partial charge on any atom is -0.360 e. The van der Waals surface area contributed by atoms with E-state index in [4.69, 9.17) is 12.2 Å². The van der Waals surface area contributed by atoms with Crippen molar-refractivity contribution in [1.82, 2.24) is 16.0 Å². The third-order valence-electron chi connectivity index (χ3n) is 2.81. The van der Waals surface area contributed by atoms with E-state index in [2.05, 4.69) is 29.8 Å². The van der Waals surface area contributed by atoms with E-state index in [0.29, 0.717) is 23.6 Å². The molecule has 0 bridgehead atoms. The lowest BCUT2D eigenvalue weighted by Crippen LogP contribution is -2.45. The fraction of sp³-hybridized carbons (Fsp3) is 0.833. The Bertz CT molecular complexity index is 262. The Morgan fingerprint density at radius 3 is 2.53 bits per heavy atom. The molecule has 0 aromatic carbocycles. The van der Waals surface area contributed by atoms with Crippen LogP contribution in [0.4, 0.5) is 0 Å². The van der Waals surface area contributed by atoms with Gasteiger partial charge in [0.05, 0.1) is 6.54 Å². The van der Waals surface area contributed by atoms with E-state index in [0.717, 1.165) is 0 Å². The molecule has 1 amide bonds. The molecule has 0 spiro atoms. The summed E-state index contributed by atoms with van der Waals surface area (Å²) < 4.78 is 0. The summed E-state index contributed by atoms with van der Waals surface area (Å²) in [4.78, 5) is 11.4.